The summed E-state index contributed by atoms with van der Waals surface area (Å²) in [5.41, 5.74) is 1.08. The Balaban J connectivity index is 1.15. The maximum absolute atomic E-state index is 16.9. The van der Waals surface area contributed by atoms with Gasteiger partial charge in [0.05, 0.1) is 18.3 Å². The summed E-state index contributed by atoms with van der Waals surface area (Å²) in [5, 5.41) is 16.0. The molecule has 1 aromatic heterocycles. The summed E-state index contributed by atoms with van der Waals surface area (Å²) in [6, 6.07) is 12.0. The van der Waals surface area contributed by atoms with Crippen LogP contribution in [0.15, 0.2) is 36.4 Å². The lowest BCUT2D eigenvalue weighted by atomic mass is 9.92. The Labute approximate surface area is 274 Å². The van der Waals surface area contributed by atoms with Crippen LogP contribution in [0.2, 0.25) is 0 Å². The molecule has 0 radical (unpaired) electrons. The van der Waals surface area contributed by atoms with Crippen molar-refractivity contribution in [1.29, 1.82) is 0 Å². The lowest BCUT2D eigenvalue weighted by Crippen LogP contribution is -2.51. The van der Waals surface area contributed by atoms with Crippen LogP contribution in [0, 0.1) is 11.6 Å². The molecular formula is C37H43F2N5O3. The molecule has 0 aliphatic carbocycles. The number of phenols is 1. The van der Waals surface area contributed by atoms with Gasteiger partial charge in [0, 0.05) is 56.3 Å². The molecule has 8 rings (SSSR count). The quantitative estimate of drug-likeness (QED) is 0.204. The molecule has 10 heteroatoms. The van der Waals surface area contributed by atoms with Crippen LogP contribution in [0.3, 0.4) is 0 Å². The molecule has 5 heterocycles. The first kappa shape index (κ1) is 30.7. The molecule has 4 aliphatic heterocycles. The number of aryl methyl sites for hydroxylation is 1. The minimum absolute atomic E-state index is 0.0254. The van der Waals surface area contributed by atoms with Gasteiger partial charge in [-0.05, 0) is 91.5 Å². The van der Waals surface area contributed by atoms with Crippen LogP contribution in [0.1, 0.15) is 57.4 Å². The van der Waals surface area contributed by atoms with Crippen LogP contribution in [-0.4, -0.2) is 83.6 Å². The second kappa shape index (κ2) is 12.5. The number of piperazine rings is 1. The van der Waals surface area contributed by atoms with Crippen LogP contribution in [-0.2, 0) is 11.2 Å². The third kappa shape index (κ3) is 5.58. The molecule has 3 unspecified atom stereocenters. The second-order valence-corrected chi connectivity index (χ2v) is 13.8. The van der Waals surface area contributed by atoms with E-state index in [0.29, 0.717) is 73.2 Å². The average molecular weight is 644 g/mol. The monoisotopic (exact) mass is 643 g/mol. The minimum atomic E-state index is -0.776. The first-order valence-electron chi connectivity index (χ1n) is 17.3. The van der Waals surface area contributed by atoms with Gasteiger partial charge >= 0.3 is 6.01 Å². The van der Waals surface area contributed by atoms with Crippen LogP contribution < -0.4 is 15.0 Å². The molecule has 3 aromatic carbocycles. The molecule has 47 heavy (non-hydrogen) atoms. The van der Waals surface area contributed by atoms with Crippen molar-refractivity contribution in [3.8, 4) is 22.9 Å². The highest BCUT2D eigenvalue weighted by Gasteiger charge is 2.40. The summed E-state index contributed by atoms with van der Waals surface area (Å²) in [4.78, 5) is 14.1. The number of hydrogen-bond acceptors (Lipinski definition) is 8. The van der Waals surface area contributed by atoms with E-state index in [4.69, 9.17) is 14.5 Å². The van der Waals surface area contributed by atoms with Crippen molar-refractivity contribution in [2.45, 2.75) is 88.6 Å². The van der Waals surface area contributed by atoms with E-state index >= 15 is 8.78 Å². The summed E-state index contributed by atoms with van der Waals surface area (Å²) in [6.45, 7) is 4.72. The number of nitrogens with one attached hydrogen (secondary N) is 1. The number of nitrogens with zero attached hydrogens (tertiary/aromatic N) is 4. The van der Waals surface area contributed by atoms with Crippen molar-refractivity contribution in [1.82, 2.24) is 20.2 Å². The summed E-state index contributed by atoms with van der Waals surface area (Å²) in [7, 11) is 1.81. The number of piperidine rings is 1. The fourth-order valence-electron chi connectivity index (χ4n) is 8.86. The molecule has 0 amide bonds. The Morgan fingerprint density at radius 3 is 2.49 bits per heavy atom. The molecule has 4 aliphatic rings. The lowest BCUT2D eigenvalue weighted by Gasteiger charge is -2.38. The summed E-state index contributed by atoms with van der Waals surface area (Å²) in [5.74, 6) is -1.04. The number of anilines is 1. The zero-order valence-corrected chi connectivity index (χ0v) is 27.1. The van der Waals surface area contributed by atoms with Gasteiger partial charge in [0.15, 0.2) is 5.82 Å². The van der Waals surface area contributed by atoms with E-state index in [0.717, 1.165) is 55.0 Å². The fourth-order valence-corrected chi connectivity index (χ4v) is 8.86. The normalized spacial score (nSPS) is 25.7. The smallest absolute Gasteiger partial charge is 0.319 e. The standard InChI is InChI=1S/C37H43F2N5O3/c1-3-21-6-4-7-22-14-27(45)17-29(32(21)22)33-31(38)18-30-35(34(33)39)41-37(42-36(30)43-19-23-8-9-24(20-43)40-23)47-13-5-12-44-25-10-11-26(44)16-28(15-25)46-2/h4,6-7,14,17-18,23-26,28,40,45H,3,5,8-13,15-16,19-20H2,1-2H3/t23?,24?,25-,26?,28+/m1/s1. The molecule has 4 bridgehead atoms. The van der Waals surface area contributed by atoms with Crippen molar-refractivity contribution in [2.24, 2.45) is 0 Å². The van der Waals surface area contributed by atoms with Gasteiger partial charge < -0.3 is 24.8 Å². The molecule has 5 atom stereocenters. The predicted molar refractivity (Wildman–Crippen MR) is 179 cm³/mol. The van der Waals surface area contributed by atoms with Crippen LogP contribution in [0.5, 0.6) is 11.8 Å². The summed E-state index contributed by atoms with van der Waals surface area (Å²) < 4.78 is 45.0. The lowest BCUT2D eigenvalue weighted by molar-refractivity contribution is 0.00434. The first-order chi connectivity index (χ1) is 22.9. The van der Waals surface area contributed by atoms with Crippen molar-refractivity contribution >= 4 is 27.5 Å². The van der Waals surface area contributed by atoms with E-state index in [1.165, 1.54) is 25.0 Å². The number of ether oxygens (including phenoxy) is 2. The third-order valence-electron chi connectivity index (χ3n) is 11.0. The number of fused-ring (bicyclic) bond motifs is 6. The molecule has 0 saturated carbocycles. The fraction of sp³-hybridized carbons (Fsp3) is 0.514. The molecule has 4 aromatic rings. The number of rotatable bonds is 9. The average Bonchev–Trinajstić information content (AvgIpc) is 3.53. The van der Waals surface area contributed by atoms with Crippen molar-refractivity contribution < 1.29 is 23.4 Å². The molecule has 2 N–H and O–H groups in total. The van der Waals surface area contributed by atoms with Crippen LogP contribution in [0.4, 0.5) is 14.6 Å². The Morgan fingerprint density at radius 1 is 1.00 bits per heavy atom. The van der Waals surface area contributed by atoms with Gasteiger partial charge in [0.1, 0.15) is 22.9 Å². The highest BCUT2D eigenvalue weighted by Crippen LogP contribution is 2.42. The van der Waals surface area contributed by atoms with E-state index < -0.39 is 11.6 Å². The number of aromatic hydroxyl groups is 1. The SMILES string of the molecule is CCc1cccc2cc(O)cc(-c3c(F)cc4c(N5CC6CCC(C5)N6)nc(OCCCN5C6CC[C@@H]5C[C@H](OC)C6)nc4c3F)c12. The van der Waals surface area contributed by atoms with Crippen molar-refractivity contribution in [3.05, 3.63) is 53.6 Å². The topological polar surface area (TPSA) is 83.0 Å². The van der Waals surface area contributed by atoms with E-state index in [9.17, 15) is 5.11 Å². The number of hydrogen-bond donors (Lipinski definition) is 2. The summed E-state index contributed by atoms with van der Waals surface area (Å²) in [6.07, 6.45) is 8.51. The first-order valence-corrected chi connectivity index (χ1v) is 17.3. The van der Waals surface area contributed by atoms with E-state index in [1.807, 2.05) is 32.2 Å². The highest BCUT2D eigenvalue weighted by molar-refractivity contribution is 6.03. The second-order valence-electron chi connectivity index (χ2n) is 13.8. The largest absolute Gasteiger partial charge is 0.508 e. The van der Waals surface area contributed by atoms with E-state index in [2.05, 4.69) is 20.1 Å². The van der Waals surface area contributed by atoms with Crippen molar-refractivity contribution in [3.63, 3.8) is 0 Å². The molecule has 248 valence electrons. The van der Waals surface area contributed by atoms with Gasteiger partial charge in [-0.3, -0.25) is 4.90 Å². The number of aromatic nitrogens is 2. The third-order valence-corrected chi connectivity index (χ3v) is 11.0. The minimum Gasteiger partial charge on any atom is -0.508 e. The van der Waals surface area contributed by atoms with Crippen molar-refractivity contribution in [2.75, 3.05) is 38.3 Å². The van der Waals surface area contributed by atoms with Gasteiger partial charge in [-0.1, -0.05) is 25.1 Å². The number of methoxy groups -OCH3 is 1. The Bertz CT molecular complexity index is 1790. The van der Waals surface area contributed by atoms with Gasteiger partial charge in [-0.15, -0.1) is 0 Å². The van der Waals surface area contributed by atoms with Gasteiger partial charge in [0.2, 0.25) is 0 Å². The van der Waals surface area contributed by atoms with Crippen LogP contribution in [0.25, 0.3) is 32.8 Å². The molecule has 4 saturated heterocycles. The zero-order valence-electron chi connectivity index (χ0n) is 27.1. The number of phenolic OH excluding ortho intramolecular Hbond substituents is 1. The number of benzene rings is 3. The highest BCUT2D eigenvalue weighted by atomic mass is 19.1. The Morgan fingerprint density at radius 2 is 1.77 bits per heavy atom. The molecule has 0 spiro atoms. The van der Waals surface area contributed by atoms with Crippen LogP contribution >= 0.6 is 0 Å². The maximum Gasteiger partial charge on any atom is 0.319 e. The van der Waals surface area contributed by atoms with E-state index in [-0.39, 0.29) is 22.8 Å². The molecule has 4 fully saturated rings. The van der Waals surface area contributed by atoms with Gasteiger partial charge in [0.25, 0.3) is 0 Å². The van der Waals surface area contributed by atoms with Gasteiger partial charge in [-0.25, -0.2) is 8.78 Å². The van der Waals surface area contributed by atoms with Gasteiger partial charge in [-0.2, -0.15) is 9.97 Å². The Kier molecular flexibility index (Phi) is 8.14. The molecular weight excluding hydrogens is 600 g/mol. The number of halogens is 2. The zero-order chi connectivity index (χ0) is 32.2. The molecule has 8 nitrogen and oxygen atoms in total. The van der Waals surface area contributed by atoms with E-state index in [1.54, 1.807) is 6.07 Å². The Hall–Kier alpha value is -3.60. The summed E-state index contributed by atoms with van der Waals surface area (Å²) >= 11 is 0. The maximum atomic E-state index is 16.9. The predicted octanol–water partition coefficient (Wildman–Crippen LogP) is 6.35.